The van der Waals surface area contributed by atoms with Crippen LogP contribution in [0.4, 0.5) is 0 Å². The van der Waals surface area contributed by atoms with Gasteiger partial charge in [-0.05, 0) is 35.4 Å². The lowest BCUT2D eigenvalue weighted by molar-refractivity contribution is 1.07. The number of aromatic nitrogens is 4. The minimum Gasteiger partial charge on any atom is -0.309 e. The van der Waals surface area contributed by atoms with Gasteiger partial charge in [0.2, 0.25) is 0 Å². The van der Waals surface area contributed by atoms with E-state index in [9.17, 15) is 0 Å². The van der Waals surface area contributed by atoms with Crippen LogP contribution >= 0.6 is 11.3 Å². The van der Waals surface area contributed by atoms with Crippen LogP contribution in [0.15, 0.2) is 194 Å². The van der Waals surface area contributed by atoms with Gasteiger partial charge in [-0.25, -0.2) is 15.0 Å². The van der Waals surface area contributed by atoms with Gasteiger partial charge < -0.3 is 4.57 Å². The summed E-state index contributed by atoms with van der Waals surface area (Å²) in [6.07, 6.45) is 0. The Morgan fingerprint density at radius 2 is 0.875 bits per heavy atom. The highest BCUT2D eigenvalue weighted by molar-refractivity contribution is 7.26. The Morgan fingerprint density at radius 3 is 1.64 bits per heavy atom. The number of hydrogen-bond donors (Lipinski definition) is 0. The maximum Gasteiger partial charge on any atom is 0.164 e. The van der Waals surface area contributed by atoms with E-state index < -0.39 is 0 Å². The number of rotatable bonds is 6. The van der Waals surface area contributed by atoms with Crippen molar-refractivity contribution in [2.75, 3.05) is 0 Å². The fourth-order valence-corrected chi connectivity index (χ4v) is 9.27. The molecule has 11 aromatic rings. The Hall–Kier alpha value is -7.21. The van der Waals surface area contributed by atoms with E-state index in [0.717, 1.165) is 33.5 Å². The average molecular weight is 733 g/mol. The molecule has 262 valence electrons. The first-order chi connectivity index (χ1) is 27.8. The minimum atomic E-state index is 0.624. The molecule has 11 rings (SSSR count). The van der Waals surface area contributed by atoms with Crippen molar-refractivity contribution in [3.05, 3.63) is 194 Å². The monoisotopic (exact) mass is 732 g/mol. The van der Waals surface area contributed by atoms with Gasteiger partial charge in [0.05, 0.1) is 11.0 Å². The molecule has 0 saturated carbocycles. The van der Waals surface area contributed by atoms with Crippen molar-refractivity contribution in [2.45, 2.75) is 0 Å². The Bertz CT molecular complexity index is 3240. The van der Waals surface area contributed by atoms with E-state index in [1.54, 1.807) is 0 Å². The van der Waals surface area contributed by atoms with Gasteiger partial charge in [-0.3, -0.25) is 0 Å². The molecule has 8 aromatic carbocycles. The molecular weight excluding hydrogens is 701 g/mol. The van der Waals surface area contributed by atoms with Gasteiger partial charge in [-0.15, -0.1) is 11.3 Å². The number of nitrogens with zero attached hydrogens (tertiary/aromatic N) is 4. The highest BCUT2D eigenvalue weighted by Gasteiger charge is 2.20. The Balaban J connectivity index is 1.10. The maximum absolute atomic E-state index is 5.14. The van der Waals surface area contributed by atoms with Crippen LogP contribution in [0.25, 0.3) is 104 Å². The van der Waals surface area contributed by atoms with Crippen LogP contribution in [0.5, 0.6) is 0 Å². The molecule has 0 radical (unpaired) electrons. The Morgan fingerprint density at radius 1 is 0.357 bits per heavy atom. The summed E-state index contributed by atoms with van der Waals surface area (Å²) in [5.41, 5.74) is 10.9. The maximum atomic E-state index is 5.14. The molecular formula is C51H32N4S. The molecule has 56 heavy (non-hydrogen) atoms. The first-order valence-electron chi connectivity index (χ1n) is 18.8. The zero-order valence-corrected chi connectivity index (χ0v) is 31.0. The summed E-state index contributed by atoms with van der Waals surface area (Å²) < 4.78 is 5.02. The summed E-state index contributed by atoms with van der Waals surface area (Å²) in [6, 6.07) is 68.5. The first kappa shape index (κ1) is 32.2. The van der Waals surface area contributed by atoms with E-state index in [-0.39, 0.29) is 0 Å². The molecule has 3 heterocycles. The van der Waals surface area contributed by atoms with Gasteiger partial charge in [0.15, 0.2) is 17.5 Å². The zero-order valence-electron chi connectivity index (χ0n) is 30.2. The third-order valence-electron chi connectivity index (χ3n) is 10.7. The molecule has 3 aromatic heterocycles. The third-order valence-corrected chi connectivity index (χ3v) is 11.9. The molecule has 0 N–H and O–H groups in total. The third kappa shape index (κ3) is 5.40. The van der Waals surface area contributed by atoms with Crippen LogP contribution in [0.3, 0.4) is 0 Å². The van der Waals surface area contributed by atoms with Gasteiger partial charge in [0.1, 0.15) is 0 Å². The van der Waals surface area contributed by atoms with Gasteiger partial charge >= 0.3 is 0 Å². The predicted molar refractivity (Wildman–Crippen MR) is 234 cm³/mol. The van der Waals surface area contributed by atoms with Crippen LogP contribution < -0.4 is 0 Å². The van der Waals surface area contributed by atoms with E-state index >= 15 is 0 Å². The van der Waals surface area contributed by atoms with E-state index in [1.165, 1.54) is 53.2 Å². The van der Waals surface area contributed by atoms with Gasteiger partial charge in [-0.1, -0.05) is 170 Å². The summed E-state index contributed by atoms with van der Waals surface area (Å²) in [7, 11) is 0. The van der Waals surface area contributed by atoms with E-state index in [4.69, 9.17) is 15.0 Å². The Labute approximate surface area is 327 Å². The standard InChI is InChI=1S/C51H32N4S/c1-3-14-33(15-4-1)34-28-30-36(31-29-34)50-52-49(35-16-5-2-6-17-35)53-51(54-50)37-18-11-19-38(32-37)55-45-26-9-7-20-39(45)41-22-12-23-42(47(41)55)44-25-13-24-43-40-21-8-10-27-46(40)56-48(43)44/h1-32H. The number of hydrogen-bond acceptors (Lipinski definition) is 4. The quantitative estimate of drug-likeness (QED) is 0.171. The van der Waals surface area contributed by atoms with Crippen molar-refractivity contribution in [2.24, 2.45) is 0 Å². The second kappa shape index (κ2) is 13.3. The fourth-order valence-electron chi connectivity index (χ4n) is 8.04. The van der Waals surface area contributed by atoms with Crippen LogP contribution in [0, 0.1) is 0 Å². The lowest BCUT2D eigenvalue weighted by Gasteiger charge is -2.14. The summed E-state index contributed by atoms with van der Waals surface area (Å²) in [5.74, 6) is 1.90. The molecule has 0 aliphatic rings. The number of benzene rings is 8. The molecule has 5 heteroatoms. The van der Waals surface area contributed by atoms with Crippen LogP contribution in [0.1, 0.15) is 0 Å². The SMILES string of the molecule is c1ccc(-c2ccc(-c3nc(-c4ccccc4)nc(-c4cccc(-n5c6ccccc6c6cccc(-c7cccc8c7sc7ccccc78)c65)c4)n3)cc2)cc1. The van der Waals surface area contributed by atoms with Gasteiger partial charge in [0.25, 0.3) is 0 Å². The van der Waals surface area contributed by atoms with Crippen molar-refractivity contribution < 1.29 is 0 Å². The van der Waals surface area contributed by atoms with Crippen molar-refractivity contribution in [1.29, 1.82) is 0 Å². The van der Waals surface area contributed by atoms with Gasteiger partial charge in [0, 0.05) is 64.4 Å². The summed E-state index contributed by atoms with van der Waals surface area (Å²) in [4.78, 5) is 15.3. The molecule has 4 nitrogen and oxygen atoms in total. The molecule has 0 atom stereocenters. The van der Waals surface area contributed by atoms with E-state index in [1.807, 2.05) is 35.6 Å². The molecule has 0 aliphatic carbocycles. The van der Waals surface area contributed by atoms with Crippen molar-refractivity contribution in [3.8, 4) is 62.1 Å². The highest BCUT2D eigenvalue weighted by atomic mass is 32.1. The van der Waals surface area contributed by atoms with E-state index in [0.29, 0.717) is 17.5 Å². The molecule has 0 fully saturated rings. The average Bonchev–Trinajstić information content (AvgIpc) is 3.83. The second-order valence-corrected chi connectivity index (χ2v) is 15.1. The lowest BCUT2D eigenvalue weighted by Crippen LogP contribution is -2.01. The second-order valence-electron chi connectivity index (χ2n) is 14.0. The molecule has 0 unspecified atom stereocenters. The first-order valence-corrected chi connectivity index (χ1v) is 19.6. The number of para-hydroxylation sites is 2. The van der Waals surface area contributed by atoms with Crippen molar-refractivity contribution in [1.82, 2.24) is 19.5 Å². The van der Waals surface area contributed by atoms with Crippen molar-refractivity contribution >= 4 is 53.3 Å². The normalized spacial score (nSPS) is 11.6. The summed E-state index contributed by atoms with van der Waals surface area (Å²) >= 11 is 1.87. The molecule has 0 spiro atoms. The van der Waals surface area contributed by atoms with Crippen molar-refractivity contribution in [3.63, 3.8) is 0 Å². The number of fused-ring (bicyclic) bond motifs is 6. The summed E-state index contributed by atoms with van der Waals surface area (Å²) in [5, 5.41) is 5.02. The largest absolute Gasteiger partial charge is 0.309 e. The predicted octanol–water partition coefficient (Wildman–Crippen LogP) is 13.7. The number of thiophene rings is 1. The highest BCUT2D eigenvalue weighted by Crippen LogP contribution is 2.44. The van der Waals surface area contributed by atoms with E-state index in [2.05, 4.69) is 174 Å². The molecule has 0 saturated heterocycles. The van der Waals surface area contributed by atoms with Crippen LogP contribution in [-0.4, -0.2) is 19.5 Å². The summed E-state index contributed by atoms with van der Waals surface area (Å²) in [6.45, 7) is 0. The molecule has 0 bridgehead atoms. The fraction of sp³-hybridized carbons (Fsp3) is 0. The van der Waals surface area contributed by atoms with Gasteiger partial charge in [-0.2, -0.15) is 0 Å². The minimum absolute atomic E-state index is 0.624. The molecule has 0 amide bonds. The van der Waals surface area contributed by atoms with Crippen LogP contribution in [-0.2, 0) is 0 Å². The smallest absolute Gasteiger partial charge is 0.164 e. The topological polar surface area (TPSA) is 43.6 Å². The zero-order chi connectivity index (χ0) is 37.0. The Kier molecular flexibility index (Phi) is 7.64. The molecule has 0 aliphatic heterocycles. The lowest BCUT2D eigenvalue weighted by atomic mass is 10.00. The van der Waals surface area contributed by atoms with Crippen LogP contribution in [0.2, 0.25) is 0 Å².